The number of hydrogen-bond acceptors (Lipinski definition) is 4. The van der Waals surface area contributed by atoms with Gasteiger partial charge in [0.25, 0.3) is 5.69 Å². The summed E-state index contributed by atoms with van der Waals surface area (Å²) in [4.78, 5) is 10.2. The molecule has 0 heterocycles. The molecule has 0 spiro atoms. The molecule has 0 atom stereocenters. The largest absolute Gasteiger partial charge is 0.494 e. The Kier molecular flexibility index (Phi) is 5.48. The summed E-state index contributed by atoms with van der Waals surface area (Å²) in [6.07, 6.45) is 2.66. The summed E-state index contributed by atoms with van der Waals surface area (Å²) in [5.74, 6) is 0.751. The second-order valence-corrected chi connectivity index (χ2v) is 4.89. The number of ether oxygens (including phenoxy) is 1. The maximum atomic E-state index is 10.7. The lowest BCUT2D eigenvalue weighted by Gasteiger charge is -2.05. The van der Waals surface area contributed by atoms with Gasteiger partial charge in [-0.25, -0.2) is 0 Å². The molecule has 2 rings (SSSR count). The van der Waals surface area contributed by atoms with Crippen molar-refractivity contribution in [2.45, 2.75) is 13.3 Å². The van der Waals surface area contributed by atoms with Crippen molar-refractivity contribution in [2.75, 3.05) is 6.61 Å². The summed E-state index contributed by atoms with van der Waals surface area (Å²) < 4.78 is 5.57. The molecule has 0 amide bonds. The number of nitrogens with zero attached hydrogens (tertiary/aromatic N) is 2. The molecule has 0 unspecified atom stereocenters. The first kappa shape index (κ1) is 16.2. The van der Waals surface area contributed by atoms with Crippen LogP contribution in [0.5, 0.6) is 5.75 Å². The van der Waals surface area contributed by atoms with Crippen LogP contribution < -0.4 is 4.74 Å². The van der Waals surface area contributed by atoms with Gasteiger partial charge < -0.3 is 4.74 Å². The third-order valence-corrected chi connectivity index (χ3v) is 3.15. The van der Waals surface area contributed by atoms with Crippen molar-refractivity contribution >= 4 is 17.3 Å². The summed E-state index contributed by atoms with van der Waals surface area (Å²) in [7, 11) is 0. The van der Waals surface area contributed by atoms with Crippen molar-refractivity contribution in [3.8, 4) is 11.8 Å². The molecular formula is C18H16N2O3. The minimum absolute atomic E-state index is 0.000928. The average molecular weight is 308 g/mol. The van der Waals surface area contributed by atoms with Crippen LogP contribution in [0.15, 0.2) is 48.5 Å². The minimum Gasteiger partial charge on any atom is -0.494 e. The Bertz CT molecular complexity index is 759. The lowest BCUT2D eigenvalue weighted by molar-refractivity contribution is -0.384. The normalized spacial score (nSPS) is 10.9. The quantitative estimate of drug-likeness (QED) is 0.342. The molecular weight excluding hydrogens is 292 g/mol. The number of nitro groups is 1. The molecule has 23 heavy (non-hydrogen) atoms. The molecule has 2 aromatic rings. The molecule has 0 bridgehead atoms. The Morgan fingerprint density at radius 2 is 2.04 bits per heavy atom. The van der Waals surface area contributed by atoms with Gasteiger partial charge in [0.15, 0.2) is 0 Å². The van der Waals surface area contributed by atoms with Crippen molar-refractivity contribution in [1.29, 1.82) is 5.26 Å². The standard InChI is InChI=1S/C18H16N2O3/c1-2-10-23-18-5-3-4-14(12-18)11-16(13-19)15-6-8-17(9-7-15)20(21)22/h3-9,11-12H,2,10H2,1H3/b16-11-. The van der Waals surface area contributed by atoms with Crippen LogP contribution in [0, 0.1) is 21.4 Å². The van der Waals surface area contributed by atoms with Crippen LogP contribution in [-0.4, -0.2) is 11.5 Å². The summed E-state index contributed by atoms with van der Waals surface area (Å²) in [6, 6.07) is 15.5. The van der Waals surface area contributed by atoms with Crippen LogP contribution >= 0.6 is 0 Å². The molecule has 0 saturated carbocycles. The van der Waals surface area contributed by atoms with Crippen molar-refractivity contribution in [2.24, 2.45) is 0 Å². The van der Waals surface area contributed by atoms with E-state index in [1.165, 1.54) is 12.1 Å². The van der Waals surface area contributed by atoms with E-state index < -0.39 is 4.92 Å². The van der Waals surface area contributed by atoms with E-state index in [-0.39, 0.29) is 5.69 Å². The third kappa shape index (κ3) is 4.42. The van der Waals surface area contributed by atoms with Crippen molar-refractivity contribution < 1.29 is 9.66 Å². The number of non-ortho nitro benzene ring substituents is 1. The lowest BCUT2D eigenvalue weighted by Crippen LogP contribution is -1.94. The molecule has 0 aliphatic heterocycles. The molecule has 5 heteroatoms. The van der Waals surface area contributed by atoms with Crippen molar-refractivity contribution in [3.05, 3.63) is 69.8 Å². The fraction of sp³-hybridized carbons (Fsp3) is 0.167. The first-order valence-corrected chi connectivity index (χ1v) is 7.23. The number of allylic oxidation sites excluding steroid dienone is 1. The highest BCUT2D eigenvalue weighted by atomic mass is 16.6. The monoisotopic (exact) mass is 308 g/mol. The maximum Gasteiger partial charge on any atom is 0.269 e. The summed E-state index contributed by atoms with van der Waals surface area (Å²) in [5, 5.41) is 20.0. The second kappa shape index (κ2) is 7.76. The molecule has 0 aromatic heterocycles. The molecule has 0 N–H and O–H groups in total. The van der Waals surface area contributed by atoms with E-state index in [1.807, 2.05) is 31.2 Å². The van der Waals surface area contributed by atoms with Gasteiger partial charge >= 0.3 is 0 Å². The van der Waals surface area contributed by atoms with Gasteiger partial charge in [-0.15, -0.1) is 0 Å². The molecule has 116 valence electrons. The van der Waals surface area contributed by atoms with E-state index in [9.17, 15) is 15.4 Å². The van der Waals surface area contributed by atoms with Crippen LogP contribution in [0.1, 0.15) is 24.5 Å². The van der Waals surface area contributed by atoms with Crippen LogP contribution in [0.4, 0.5) is 5.69 Å². The Labute approximate surface area is 134 Å². The molecule has 5 nitrogen and oxygen atoms in total. The first-order valence-electron chi connectivity index (χ1n) is 7.23. The van der Waals surface area contributed by atoms with E-state index in [4.69, 9.17) is 4.74 Å². The number of nitriles is 1. The molecule has 0 saturated heterocycles. The zero-order valence-electron chi connectivity index (χ0n) is 12.7. The minimum atomic E-state index is -0.464. The Balaban J connectivity index is 2.28. The van der Waals surface area contributed by atoms with Gasteiger partial charge in [-0.3, -0.25) is 10.1 Å². The Morgan fingerprint density at radius 1 is 1.30 bits per heavy atom. The zero-order chi connectivity index (χ0) is 16.7. The van der Waals surface area contributed by atoms with Gasteiger partial charge in [-0.05, 0) is 47.9 Å². The van der Waals surface area contributed by atoms with Gasteiger partial charge in [0.05, 0.1) is 23.2 Å². The van der Waals surface area contributed by atoms with Gasteiger partial charge in [0.2, 0.25) is 0 Å². The first-order chi connectivity index (χ1) is 11.1. The zero-order valence-corrected chi connectivity index (χ0v) is 12.7. The van der Waals surface area contributed by atoms with E-state index in [2.05, 4.69) is 6.07 Å². The predicted octanol–water partition coefficient (Wildman–Crippen LogP) is 4.45. The van der Waals surface area contributed by atoms with E-state index in [0.717, 1.165) is 17.7 Å². The smallest absolute Gasteiger partial charge is 0.269 e. The van der Waals surface area contributed by atoms with Gasteiger partial charge in [0.1, 0.15) is 5.75 Å². The highest BCUT2D eigenvalue weighted by Crippen LogP contribution is 2.22. The van der Waals surface area contributed by atoms with Crippen LogP contribution in [-0.2, 0) is 0 Å². The van der Waals surface area contributed by atoms with Crippen molar-refractivity contribution in [3.63, 3.8) is 0 Å². The highest BCUT2D eigenvalue weighted by molar-refractivity contribution is 5.89. The fourth-order valence-corrected chi connectivity index (χ4v) is 2.02. The summed E-state index contributed by atoms with van der Waals surface area (Å²) >= 11 is 0. The van der Waals surface area contributed by atoms with E-state index in [1.54, 1.807) is 18.2 Å². The number of benzene rings is 2. The van der Waals surface area contributed by atoms with E-state index in [0.29, 0.717) is 17.7 Å². The summed E-state index contributed by atoms with van der Waals surface area (Å²) in [5.41, 5.74) is 1.92. The highest BCUT2D eigenvalue weighted by Gasteiger charge is 2.07. The molecule has 0 fully saturated rings. The van der Waals surface area contributed by atoms with Gasteiger partial charge in [-0.1, -0.05) is 19.1 Å². The molecule has 0 aliphatic rings. The number of hydrogen-bond donors (Lipinski definition) is 0. The van der Waals surface area contributed by atoms with Crippen LogP contribution in [0.3, 0.4) is 0 Å². The van der Waals surface area contributed by atoms with Gasteiger partial charge in [0, 0.05) is 12.1 Å². The average Bonchev–Trinajstić information content (AvgIpc) is 2.58. The number of nitro benzene ring substituents is 1. The lowest BCUT2D eigenvalue weighted by atomic mass is 10.0. The van der Waals surface area contributed by atoms with Crippen LogP contribution in [0.2, 0.25) is 0 Å². The summed E-state index contributed by atoms with van der Waals surface area (Å²) in [6.45, 7) is 2.67. The van der Waals surface area contributed by atoms with Crippen molar-refractivity contribution in [1.82, 2.24) is 0 Å². The molecule has 2 aromatic carbocycles. The Morgan fingerprint density at radius 3 is 2.65 bits per heavy atom. The molecule has 0 aliphatic carbocycles. The Hall–Kier alpha value is -3.13. The maximum absolute atomic E-state index is 10.7. The topological polar surface area (TPSA) is 76.2 Å². The second-order valence-electron chi connectivity index (χ2n) is 4.89. The SMILES string of the molecule is CCCOc1cccc(/C=C(/C#N)c2ccc([N+](=O)[O-])cc2)c1. The van der Waals surface area contributed by atoms with Gasteiger partial charge in [-0.2, -0.15) is 5.26 Å². The fourth-order valence-electron chi connectivity index (χ4n) is 2.02. The molecule has 0 radical (unpaired) electrons. The van der Waals surface area contributed by atoms with E-state index >= 15 is 0 Å². The van der Waals surface area contributed by atoms with Crippen LogP contribution in [0.25, 0.3) is 11.6 Å². The predicted molar refractivity (Wildman–Crippen MR) is 88.8 cm³/mol. The third-order valence-electron chi connectivity index (χ3n) is 3.15. The number of rotatable bonds is 6.